The van der Waals surface area contributed by atoms with E-state index in [-0.39, 0.29) is 0 Å². The van der Waals surface area contributed by atoms with Gasteiger partial charge in [0.15, 0.2) is 0 Å². The lowest BCUT2D eigenvalue weighted by molar-refractivity contribution is 0.0712. The van der Waals surface area contributed by atoms with Crippen LogP contribution in [-0.2, 0) is 0 Å². The van der Waals surface area contributed by atoms with Crippen LogP contribution in [0.5, 0.6) is 11.5 Å². The number of piperidine rings is 1. The van der Waals surface area contributed by atoms with Crippen LogP contribution in [0.1, 0.15) is 55.3 Å². The van der Waals surface area contributed by atoms with Gasteiger partial charge in [-0.3, -0.25) is 4.90 Å². The van der Waals surface area contributed by atoms with Gasteiger partial charge in [0.2, 0.25) is 0 Å². The van der Waals surface area contributed by atoms with Gasteiger partial charge in [0, 0.05) is 43.5 Å². The smallest absolute Gasteiger partial charge is 0.139 e. The quantitative estimate of drug-likeness (QED) is 0.534. The van der Waals surface area contributed by atoms with Gasteiger partial charge in [-0.1, -0.05) is 24.6 Å². The second-order valence-corrected chi connectivity index (χ2v) is 9.26. The molecular formula is C26H35ClN2O2. The summed E-state index contributed by atoms with van der Waals surface area (Å²) in [6.07, 6.45) is 4.80. The number of halogens is 1. The molecule has 0 spiro atoms. The Labute approximate surface area is 192 Å². The molecular weight excluding hydrogens is 408 g/mol. The van der Waals surface area contributed by atoms with Crippen molar-refractivity contribution in [2.24, 2.45) is 0 Å². The number of benzene rings is 2. The van der Waals surface area contributed by atoms with Crippen molar-refractivity contribution < 1.29 is 9.47 Å². The van der Waals surface area contributed by atoms with Gasteiger partial charge in [0.05, 0.1) is 18.7 Å². The van der Waals surface area contributed by atoms with E-state index in [2.05, 4.69) is 54.8 Å². The first-order valence-electron chi connectivity index (χ1n) is 11.6. The SMILES string of the molecule is CCCOc1ccc([C@H]2CCC[C@H]3CN(c4ccc(Cl)c(OC)c4)CCN32)c(C)c1C. The molecule has 4 nitrogen and oxygen atoms in total. The molecule has 2 atom stereocenters. The number of anilines is 1. The van der Waals surface area contributed by atoms with Crippen LogP contribution < -0.4 is 14.4 Å². The zero-order chi connectivity index (χ0) is 22.0. The normalized spacial score (nSPS) is 21.6. The first-order valence-corrected chi connectivity index (χ1v) is 12.0. The van der Waals surface area contributed by atoms with Crippen molar-refractivity contribution in [1.82, 2.24) is 4.90 Å². The van der Waals surface area contributed by atoms with Gasteiger partial charge in [-0.05, 0) is 74.4 Å². The minimum atomic E-state index is 0.500. The molecule has 2 fully saturated rings. The number of nitrogens with zero attached hydrogens (tertiary/aromatic N) is 2. The summed E-state index contributed by atoms with van der Waals surface area (Å²) < 4.78 is 11.4. The summed E-state index contributed by atoms with van der Waals surface area (Å²) in [5, 5.41) is 0.667. The highest BCUT2D eigenvalue weighted by molar-refractivity contribution is 6.32. The summed E-state index contributed by atoms with van der Waals surface area (Å²) >= 11 is 6.24. The van der Waals surface area contributed by atoms with Crippen LogP contribution in [-0.4, -0.2) is 44.3 Å². The molecule has 2 aliphatic heterocycles. The monoisotopic (exact) mass is 442 g/mol. The van der Waals surface area contributed by atoms with Gasteiger partial charge in [0.1, 0.15) is 11.5 Å². The Morgan fingerprint density at radius 1 is 1.03 bits per heavy atom. The van der Waals surface area contributed by atoms with E-state index < -0.39 is 0 Å². The van der Waals surface area contributed by atoms with E-state index in [4.69, 9.17) is 21.1 Å². The van der Waals surface area contributed by atoms with Gasteiger partial charge in [-0.2, -0.15) is 0 Å². The van der Waals surface area contributed by atoms with Crippen LogP contribution in [0.3, 0.4) is 0 Å². The third-order valence-electron chi connectivity index (χ3n) is 7.04. The first kappa shape index (κ1) is 22.3. The highest BCUT2D eigenvalue weighted by atomic mass is 35.5. The largest absolute Gasteiger partial charge is 0.495 e. The fourth-order valence-corrected chi connectivity index (χ4v) is 5.40. The molecule has 2 saturated heterocycles. The highest BCUT2D eigenvalue weighted by Gasteiger charge is 2.36. The van der Waals surface area contributed by atoms with Crippen LogP contribution in [0.15, 0.2) is 30.3 Å². The Kier molecular flexibility index (Phi) is 6.98. The Hall–Kier alpha value is -1.91. The van der Waals surface area contributed by atoms with Crippen molar-refractivity contribution >= 4 is 17.3 Å². The summed E-state index contributed by atoms with van der Waals surface area (Å²) in [5.41, 5.74) is 5.37. The van der Waals surface area contributed by atoms with E-state index in [0.29, 0.717) is 17.1 Å². The molecule has 0 bridgehead atoms. The minimum Gasteiger partial charge on any atom is -0.495 e. The van der Waals surface area contributed by atoms with Crippen molar-refractivity contribution in [2.45, 2.75) is 58.5 Å². The number of fused-ring (bicyclic) bond motifs is 1. The summed E-state index contributed by atoms with van der Waals surface area (Å²) in [5.74, 6) is 1.79. The molecule has 2 aromatic rings. The number of hydrogen-bond acceptors (Lipinski definition) is 4. The van der Waals surface area contributed by atoms with E-state index in [1.165, 1.54) is 41.6 Å². The number of methoxy groups -OCH3 is 1. The third kappa shape index (κ3) is 4.51. The number of hydrogen-bond donors (Lipinski definition) is 0. The van der Waals surface area contributed by atoms with Crippen LogP contribution in [0.2, 0.25) is 5.02 Å². The second kappa shape index (κ2) is 9.70. The number of ether oxygens (including phenoxy) is 2. The van der Waals surface area contributed by atoms with Crippen LogP contribution >= 0.6 is 11.6 Å². The van der Waals surface area contributed by atoms with Gasteiger partial charge in [-0.15, -0.1) is 0 Å². The lowest BCUT2D eigenvalue weighted by atomic mass is 9.86. The Balaban J connectivity index is 1.52. The maximum absolute atomic E-state index is 6.24. The van der Waals surface area contributed by atoms with Crippen molar-refractivity contribution in [1.29, 1.82) is 0 Å². The van der Waals surface area contributed by atoms with E-state index in [9.17, 15) is 0 Å². The maximum Gasteiger partial charge on any atom is 0.139 e. The zero-order valence-corrected chi connectivity index (χ0v) is 20.0. The minimum absolute atomic E-state index is 0.500. The van der Waals surface area contributed by atoms with Crippen molar-refractivity contribution in [3.8, 4) is 11.5 Å². The predicted molar refractivity (Wildman–Crippen MR) is 129 cm³/mol. The average Bonchev–Trinajstić information content (AvgIpc) is 2.80. The van der Waals surface area contributed by atoms with Gasteiger partial charge >= 0.3 is 0 Å². The summed E-state index contributed by atoms with van der Waals surface area (Å²) in [6.45, 7) is 10.6. The molecule has 2 heterocycles. The van der Waals surface area contributed by atoms with Crippen LogP contribution in [0.25, 0.3) is 0 Å². The molecule has 0 amide bonds. The molecule has 31 heavy (non-hydrogen) atoms. The predicted octanol–water partition coefficient (Wildman–Crippen LogP) is 6.17. The van der Waals surface area contributed by atoms with E-state index in [0.717, 1.165) is 44.2 Å². The van der Waals surface area contributed by atoms with Crippen molar-refractivity contribution in [2.75, 3.05) is 38.3 Å². The van der Waals surface area contributed by atoms with E-state index in [1.54, 1.807) is 7.11 Å². The molecule has 168 valence electrons. The molecule has 5 heteroatoms. The zero-order valence-electron chi connectivity index (χ0n) is 19.3. The number of rotatable bonds is 6. The van der Waals surface area contributed by atoms with Crippen molar-refractivity contribution in [3.63, 3.8) is 0 Å². The lowest BCUT2D eigenvalue weighted by Gasteiger charge is -2.49. The average molecular weight is 443 g/mol. The molecule has 4 rings (SSSR count). The summed E-state index contributed by atoms with van der Waals surface area (Å²) in [7, 11) is 1.68. The van der Waals surface area contributed by atoms with Gasteiger partial charge < -0.3 is 14.4 Å². The molecule has 0 unspecified atom stereocenters. The first-order chi connectivity index (χ1) is 15.0. The summed E-state index contributed by atoms with van der Waals surface area (Å²) in [4.78, 5) is 5.24. The van der Waals surface area contributed by atoms with Gasteiger partial charge in [0.25, 0.3) is 0 Å². The topological polar surface area (TPSA) is 24.9 Å². The Morgan fingerprint density at radius 3 is 2.65 bits per heavy atom. The van der Waals surface area contributed by atoms with Gasteiger partial charge in [-0.25, -0.2) is 0 Å². The van der Waals surface area contributed by atoms with Crippen LogP contribution in [0, 0.1) is 13.8 Å². The molecule has 2 aromatic carbocycles. The molecule has 0 N–H and O–H groups in total. The van der Waals surface area contributed by atoms with E-state index >= 15 is 0 Å². The lowest BCUT2D eigenvalue weighted by Crippen LogP contribution is -2.56. The van der Waals surface area contributed by atoms with Crippen LogP contribution in [0.4, 0.5) is 5.69 Å². The fraction of sp³-hybridized carbons (Fsp3) is 0.538. The Morgan fingerprint density at radius 2 is 1.87 bits per heavy atom. The third-order valence-corrected chi connectivity index (χ3v) is 7.36. The fourth-order valence-electron chi connectivity index (χ4n) is 5.21. The van der Waals surface area contributed by atoms with E-state index in [1.807, 2.05) is 6.07 Å². The molecule has 0 aromatic heterocycles. The Bertz CT molecular complexity index is 917. The standard InChI is InChI=1S/C26H35ClN2O2/c1-5-15-31-25-12-10-22(18(2)19(25)3)24-8-6-7-21-17-28(13-14-29(21)24)20-9-11-23(27)26(16-20)30-4/h9-12,16,21,24H,5-8,13-15,17H2,1-4H3/t21-,24+/m0/s1. The number of piperazine rings is 1. The highest BCUT2D eigenvalue weighted by Crippen LogP contribution is 2.40. The molecule has 0 radical (unpaired) electrons. The second-order valence-electron chi connectivity index (χ2n) is 8.85. The molecule has 2 aliphatic rings. The molecule has 0 aliphatic carbocycles. The molecule has 0 saturated carbocycles. The summed E-state index contributed by atoms with van der Waals surface area (Å²) in [6, 6.07) is 11.7. The van der Waals surface area contributed by atoms with Crippen molar-refractivity contribution in [3.05, 3.63) is 52.0 Å². The maximum atomic E-state index is 6.24.